The Bertz CT molecular complexity index is 1540. The maximum absolute atomic E-state index is 15.2. The fourth-order valence-corrected chi connectivity index (χ4v) is 6.65. The first-order valence-electron chi connectivity index (χ1n) is 15.8. The quantitative estimate of drug-likeness (QED) is 0.143. The van der Waals surface area contributed by atoms with Crippen molar-refractivity contribution >= 4 is 31.1 Å². The maximum Gasteiger partial charge on any atom is 0.404 e. The molecule has 45 heavy (non-hydrogen) atoms. The molecule has 0 radical (unpaired) electrons. The zero-order valence-electron chi connectivity index (χ0n) is 26.9. The van der Waals surface area contributed by atoms with Gasteiger partial charge in [0.1, 0.15) is 18.0 Å². The van der Waals surface area contributed by atoms with Crippen molar-refractivity contribution in [2.75, 3.05) is 20.3 Å². The first-order chi connectivity index (χ1) is 21.4. The average Bonchev–Trinajstić information content (AvgIpc) is 3.77. The van der Waals surface area contributed by atoms with Crippen LogP contribution in [-0.2, 0) is 11.5 Å². The molecule has 0 aliphatic heterocycles. The van der Waals surface area contributed by atoms with Crippen molar-refractivity contribution in [2.24, 2.45) is 5.92 Å². The Hall–Kier alpha value is -3.64. The van der Waals surface area contributed by atoms with Crippen LogP contribution in [0.15, 0.2) is 24.4 Å². The van der Waals surface area contributed by atoms with Crippen molar-refractivity contribution in [3.8, 4) is 22.6 Å². The van der Waals surface area contributed by atoms with Gasteiger partial charge in [0.05, 0.1) is 24.8 Å². The van der Waals surface area contributed by atoms with Gasteiger partial charge in [-0.15, -0.1) is 0 Å². The monoisotopic (exact) mass is 640 g/mol. The third-order valence-corrected chi connectivity index (χ3v) is 10.5. The zero-order valence-corrected chi connectivity index (χ0v) is 27.9. The number of hydrogen-bond acceptors (Lipinski definition) is 6. The largest absolute Gasteiger partial charge is 0.494 e. The Balaban J connectivity index is 1.53. The molecule has 2 saturated carbocycles. The fraction of sp³-hybridized carbons (Fsp3) is 0.545. The first-order valence-corrected chi connectivity index (χ1v) is 19.5. The number of aromatic nitrogens is 2. The number of fused-ring (bicyclic) bond motifs is 1. The van der Waals surface area contributed by atoms with Gasteiger partial charge in [0.2, 0.25) is 0 Å². The molecule has 2 aliphatic carbocycles. The highest BCUT2D eigenvalue weighted by Crippen LogP contribution is 2.41. The number of pyridine rings is 1. The number of carbonyl (C=O) groups is 2. The number of carbonyl (C=O) groups excluding carboxylic acids is 1. The van der Waals surface area contributed by atoms with Gasteiger partial charge in [-0.25, -0.2) is 9.18 Å². The van der Waals surface area contributed by atoms with Gasteiger partial charge in [0.25, 0.3) is 5.91 Å². The summed E-state index contributed by atoms with van der Waals surface area (Å²) in [4.78, 5) is 29.6. The second kappa shape index (κ2) is 13.8. The number of carboxylic acid groups (broad SMARTS) is 1. The molecule has 2 amide bonds. The fourth-order valence-electron chi connectivity index (χ4n) is 5.90. The Labute approximate surface area is 264 Å². The first kappa shape index (κ1) is 32.7. The van der Waals surface area contributed by atoms with Crippen molar-refractivity contribution in [1.82, 2.24) is 20.2 Å². The molecule has 0 bridgehead atoms. The number of benzene rings is 1. The van der Waals surface area contributed by atoms with E-state index in [4.69, 9.17) is 19.3 Å². The van der Waals surface area contributed by atoms with Gasteiger partial charge in [-0.05, 0) is 69.5 Å². The van der Waals surface area contributed by atoms with E-state index in [-0.39, 0.29) is 30.5 Å². The minimum atomic E-state index is -1.33. The van der Waals surface area contributed by atoms with Crippen LogP contribution in [0.25, 0.3) is 22.2 Å². The molecule has 2 aliphatic rings. The summed E-state index contributed by atoms with van der Waals surface area (Å²) < 4.78 is 34.9. The molecule has 0 unspecified atom stereocenters. The van der Waals surface area contributed by atoms with Crippen molar-refractivity contribution in [2.45, 2.75) is 89.9 Å². The molecule has 0 spiro atoms. The van der Waals surface area contributed by atoms with E-state index in [0.717, 1.165) is 18.9 Å². The Morgan fingerprint density at radius 1 is 1.04 bits per heavy atom. The molecule has 0 saturated heterocycles. The molecule has 1 aromatic carbocycles. The molecule has 12 heteroatoms. The average molecular weight is 641 g/mol. The molecule has 2 heterocycles. The van der Waals surface area contributed by atoms with Crippen LogP contribution in [0.1, 0.15) is 54.6 Å². The molecule has 0 atom stereocenters. The van der Waals surface area contributed by atoms with Crippen LogP contribution in [-0.4, -0.2) is 67.1 Å². The maximum atomic E-state index is 15.2. The third kappa shape index (κ3) is 7.96. The lowest BCUT2D eigenvalue weighted by atomic mass is 9.91. The number of methoxy groups -OCH3 is 1. The number of ether oxygens (including phenoxy) is 3. The number of nitrogens with one attached hydrogen (secondary N) is 2. The Morgan fingerprint density at radius 3 is 2.36 bits per heavy atom. The molecule has 2 aromatic heterocycles. The van der Waals surface area contributed by atoms with Crippen LogP contribution in [0.3, 0.4) is 0 Å². The van der Waals surface area contributed by atoms with Gasteiger partial charge in [0.15, 0.2) is 11.6 Å². The molecule has 3 N–H and O–H groups in total. The summed E-state index contributed by atoms with van der Waals surface area (Å²) in [7, 11) is 0.0980. The number of amides is 2. The summed E-state index contributed by atoms with van der Waals surface area (Å²) in [6.45, 7) is 10.1. The predicted molar refractivity (Wildman–Crippen MR) is 173 cm³/mol. The lowest BCUT2D eigenvalue weighted by molar-refractivity contribution is 0.0878. The van der Waals surface area contributed by atoms with Crippen molar-refractivity contribution in [3.05, 3.63) is 41.5 Å². The SMILES string of the molecule is COc1cc(OCC2CC2)c(-c2ccnc3c(C(=O)NC4CCC(NC(=O)O)CC4)c(C)n(COCC[Si](C)(C)C)c23)cc1F. The molecule has 2 fully saturated rings. The van der Waals surface area contributed by atoms with Crippen LogP contribution < -0.4 is 20.1 Å². The highest BCUT2D eigenvalue weighted by Gasteiger charge is 2.29. The van der Waals surface area contributed by atoms with Crippen LogP contribution in [0.4, 0.5) is 9.18 Å². The van der Waals surface area contributed by atoms with E-state index in [9.17, 15) is 9.59 Å². The van der Waals surface area contributed by atoms with Crippen LogP contribution >= 0.6 is 0 Å². The standard InChI is InChI=1S/C33H45FN4O6Si/c1-20-29(32(39)36-22-8-10-23(11-9-22)37-33(40)41)30-31(38(20)19-43-14-15-45(3,4)5)24(12-13-35-30)25-16-26(34)28(42-2)17-27(25)44-18-21-6-7-21/h12-13,16-17,21-23,37H,6-11,14-15,18-19H2,1-5H3,(H,36,39)(H,40,41). The second-order valence-corrected chi connectivity index (χ2v) is 19.1. The molecular weight excluding hydrogens is 595 g/mol. The lowest BCUT2D eigenvalue weighted by Crippen LogP contribution is -2.43. The van der Waals surface area contributed by atoms with E-state index in [0.29, 0.717) is 84.0 Å². The Morgan fingerprint density at radius 2 is 1.73 bits per heavy atom. The number of halogens is 1. The number of hydrogen-bond donors (Lipinski definition) is 3. The van der Waals surface area contributed by atoms with E-state index in [1.807, 2.05) is 17.6 Å². The molecule has 5 rings (SSSR count). The van der Waals surface area contributed by atoms with Gasteiger partial charge >= 0.3 is 6.09 Å². The molecular formula is C33H45FN4O6Si. The van der Waals surface area contributed by atoms with Gasteiger partial charge in [-0.1, -0.05) is 19.6 Å². The van der Waals surface area contributed by atoms with Crippen molar-refractivity contribution in [1.29, 1.82) is 0 Å². The summed E-state index contributed by atoms with van der Waals surface area (Å²) >= 11 is 0. The molecule has 10 nitrogen and oxygen atoms in total. The van der Waals surface area contributed by atoms with Crippen LogP contribution in [0, 0.1) is 18.7 Å². The summed E-state index contributed by atoms with van der Waals surface area (Å²) in [5.41, 5.74) is 3.55. The lowest BCUT2D eigenvalue weighted by Gasteiger charge is -2.28. The highest BCUT2D eigenvalue weighted by atomic mass is 28.3. The summed E-state index contributed by atoms with van der Waals surface area (Å²) in [6, 6.07) is 5.63. The normalized spacial score (nSPS) is 18.5. The minimum Gasteiger partial charge on any atom is -0.494 e. The number of nitrogens with zero attached hydrogens (tertiary/aromatic N) is 2. The second-order valence-electron chi connectivity index (χ2n) is 13.5. The van der Waals surface area contributed by atoms with Gasteiger partial charge < -0.3 is 34.5 Å². The topological polar surface area (TPSA) is 124 Å². The minimum absolute atomic E-state index is 0.0866. The van der Waals surface area contributed by atoms with E-state index in [2.05, 4.69) is 35.3 Å². The van der Waals surface area contributed by atoms with Gasteiger partial charge in [-0.3, -0.25) is 9.78 Å². The third-order valence-electron chi connectivity index (χ3n) is 8.75. The van der Waals surface area contributed by atoms with Gasteiger partial charge in [-0.2, -0.15) is 0 Å². The Kier molecular flexibility index (Phi) is 10.0. The summed E-state index contributed by atoms with van der Waals surface area (Å²) in [6.07, 6.45) is 5.47. The molecule has 3 aromatic rings. The van der Waals surface area contributed by atoms with Gasteiger partial charge in [0, 0.05) is 55.8 Å². The van der Waals surface area contributed by atoms with E-state index < -0.39 is 20.0 Å². The zero-order chi connectivity index (χ0) is 32.3. The van der Waals surface area contributed by atoms with Crippen LogP contribution in [0.2, 0.25) is 25.7 Å². The molecule has 244 valence electrons. The predicted octanol–water partition coefficient (Wildman–Crippen LogP) is 6.57. The van der Waals surface area contributed by atoms with E-state index in [1.54, 1.807) is 12.3 Å². The van der Waals surface area contributed by atoms with E-state index in [1.165, 1.54) is 13.2 Å². The van der Waals surface area contributed by atoms with E-state index >= 15 is 4.39 Å². The van der Waals surface area contributed by atoms with Crippen molar-refractivity contribution in [3.63, 3.8) is 0 Å². The highest BCUT2D eigenvalue weighted by molar-refractivity contribution is 6.76. The summed E-state index contributed by atoms with van der Waals surface area (Å²) in [5, 5.41) is 14.8. The smallest absolute Gasteiger partial charge is 0.404 e. The van der Waals surface area contributed by atoms with Crippen molar-refractivity contribution < 1.29 is 33.3 Å². The summed E-state index contributed by atoms with van der Waals surface area (Å²) in [5.74, 6) is 0.342. The number of rotatable bonds is 13. The van der Waals surface area contributed by atoms with Crippen LogP contribution in [0.5, 0.6) is 11.5 Å².